The van der Waals surface area contributed by atoms with Crippen LogP contribution in [0.4, 0.5) is 5.69 Å². The predicted molar refractivity (Wildman–Crippen MR) is 79.8 cm³/mol. The topological polar surface area (TPSA) is 50.2 Å². The zero-order chi connectivity index (χ0) is 14.3. The third-order valence-corrected chi connectivity index (χ3v) is 3.35. The summed E-state index contributed by atoms with van der Waals surface area (Å²) in [5.74, 6) is 0. The summed E-state index contributed by atoms with van der Waals surface area (Å²) in [7, 11) is 3.94. The van der Waals surface area contributed by atoms with Crippen molar-refractivity contribution in [3.63, 3.8) is 0 Å². The smallest absolute Gasteiger partial charge is 0.268 e. The molecular formula is C14H26N4O. The fourth-order valence-electron chi connectivity index (χ4n) is 1.96. The van der Waals surface area contributed by atoms with E-state index in [1.807, 2.05) is 14.1 Å². The van der Waals surface area contributed by atoms with E-state index in [1.165, 1.54) is 0 Å². The second-order valence-corrected chi connectivity index (χ2v) is 5.03. The number of nitrogens with one attached hydrogen (secondary N) is 1. The molecule has 5 nitrogen and oxygen atoms in total. The lowest BCUT2D eigenvalue weighted by Crippen LogP contribution is -2.27. The van der Waals surface area contributed by atoms with E-state index in [4.69, 9.17) is 0 Å². The van der Waals surface area contributed by atoms with Gasteiger partial charge in [-0.05, 0) is 33.2 Å². The molecule has 0 spiro atoms. The summed E-state index contributed by atoms with van der Waals surface area (Å²) in [5.41, 5.74) is 0.879. The van der Waals surface area contributed by atoms with E-state index in [2.05, 4.69) is 29.2 Å². The molecule has 5 heteroatoms. The Morgan fingerprint density at radius 1 is 1.53 bits per heavy atom. The van der Waals surface area contributed by atoms with Crippen LogP contribution in [0.3, 0.4) is 0 Å². The quantitative estimate of drug-likeness (QED) is 0.774. The summed E-state index contributed by atoms with van der Waals surface area (Å²) in [6.07, 6.45) is 4.83. The largest absolute Gasteiger partial charge is 0.373 e. The Bertz CT molecular complexity index is 430. The Morgan fingerprint density at radius 2 is 2.26 bits per heavy atom. The zero-order valence-electron chi connectivity index (χ0n) is 12.5. The lowest BCUT2D eigenvalue weighted by Gasteiger charge is -2.18. The fourth-order valence-corrected chi connectivity index (χ4v) is 1.96. The van der Waals surface area contributed by atoms with Crippen molar-refractivity contribution in [2.45, 2.75) is 45.7 Å². The van der Waals surface area contributed by atoms with Gasteiger partial charge in [0.25, 0.3) is 5.56 Å². The van der Waals surface area contributed by atoms with Crippen LogP contribution in [-0.2, 0) is 6.54 Å². The Kier molecular flexibility index (Phi) is 6.56. The first-order valence-corrected chi connectivity index (χ1v) is 7.04. The van der Waals surface area contributed by atoms with Gasteiger partial charge in [0.1, 0.15) is 0 Å². The molecule has 19 heavy (non-hydrogen) atoms. The van der Waals surface area contributed by atoms with Gasteiger partial charge in [-0.15, -0.1) is 0 Å². The van der Waals surface area contributed by atoms with E-state index in [9.17, 15) is 4.79 Å². The molecule has 0 radical (unpaired) electrons. The van der Waals surface area contributed by atoms with Crippen molar-refractivity contribution >= 4 is 5.69 Å². The summed E-state index contributed by atoms with van der Waals surface area (Å²) in [5, 5.41) is 7.44. The van der Waals surface area contributed by atoms with Crippen molar-refractivity contribution in [1.82, 2.24) is 15.1 Å². The number of aromatic nitrogens is 2. The molecular weight excluding hydrogens is 240 g/mol. The molecule has 0 aliphatic rings. The number of rotatable bonds is 8. The maximum Gasteiger partial charge on any atom is 0.268 e. The highest BCUT2D eigenvalue weighted by atomic mass is 16.1. The van der Waals surface area contributed by atoms with Crippen molar-refractivity contribution < 1.29 is 0 Å². The average Bonchev–Trinajstić information content (AvgIpc) is 2.40. The van der Waals surface area contributed by atoms with Gasteiger partial charge in [0, 0.05) is 32.2 Å². The number of aryl methyl sites for hydroxylation is 1. The van der Waals surface area contributed by atoms with Gasteiger partial charge in [0.05, 0.1) is 11.9 Å². The normalized spacial score (nSPS) is 12.4. The monoisotopic (exact) mass is 266 g/mol. The fraction of sp³-hybridized carbons (Fsp3) is 0.714. The van der Waals surface area contributed by atoms with Crippen LogP contribution in [0.15, 0.2) is 17.1 Å². The molecule has 0 fully saturated rings. The van der Waals surface area contributed by atoms with E-state index in [-0.39, 0.29) is 5.56 Å². The van der Waals surface area contributed by atoms with Crippen LogP contribution in [-0.4, -0.2) is 36.5 Å². The third-order valence-electron chi connectivity index (χ3n) is 3.35. The lowest BCUT2D eigenvalue weighted by atomic mass is 10.2. The minimum absolute atomic E-state index is 0.0161. The van der Waals surface area contributed by atoms with Crippen LogP contribution in [0, 0.1) is 0 Å². The Labute approximate surface area is 115 Å². The first-order chi connectivity index (χ1) is 9.08. The maximum absolute atomic E-state index is 12.0. The van der Waals surface area contributed by atoms with Gasteiger partial charge in [0.2, 0.25) is 0 Å². The molecule has 0 aliphatic carbocycles. The molecule has 1 N–H and O–H groups in total. The number of hydrogen-bond acceptors (Lipinski definition) is 4. The number of hydrogen-bond donors (Lipinski definition) is 1. The Morgan fingerprint density at radius 3 is 2.84 bits per heavy atom. The summed E-state index contributed by atoms with van der Waals surface area (Å²) in [6.45, 7) is 5.88. The van der Waals surface area contributed by atoms with Crippen LogP contribution in [0.5, 0.6) is 0 Å². The van der Waals surface area contributed by atoms with Crippen LogP contribution in [0.2, 0.25) is 0 Å². The molecule has 1 aromatic heterocycles. The van der Waals surface area contributed by atoms with Gasteiger partial charge < -0.3 is 10.2 Å². The zero-order valence-corrected chi connectivity index (χ0v) is 12.5. The summed E-state index contributed by atoms with van der Waals surface area (Å²) in [4.78, 5) is 14.0. The van der Waals surface area contributed by atoms with E-state index in [0.29, 0.717) is 12.6 Å². The SMILES string of the molecule is CCCN(C)c1cnn(CCCC(C)NC)c(=O)c1. The molecule has 0 bridgehead atoms. The summed E-state index contributed by atoms with van der Waals surface area (Å²) in [6, 6.07) is 2.15. The second kappa shape index (κ2) is 7.94. The van der Waals surface area contributed by atoms with Crippen molar-refractivity contribution in [2.24, 2.45) is 0 Å². The van der Waals surface area contributed by atoms with Crippen LogP contribution >= 0.6 is 0 Å². The second-order valence-electron chi connectivity index (χ2n) is 5.03. The molecule has 0 aromatic carbocycles. The molecule has 0 amide bonds. The maximum atomic E-state index is 12.0. The van der Waals surface area contributed by atoms with E-state index < -0.39 is 0 Å². The van der Waals surface area contributed by atoms with Crippen LogP contribution < -0.4 is 15.8 Å². The molecule has 1 heterocycles. The van der Waals surface area contributed by atoms with Gasteiger partial charge in [0.15, 0.2) is 0 Å². The minimum Gasteiger partial charge on any atom is -0.373 e. The molecule has 1 rings (SSSR count). The first kappa shape index (κ1) is 15.7. The molecule has 0 saturated heterocycles. The third kappa shape index (κ3) is 5.03. The van der Waals surface area contributed by atoms with E-state index in [1.54, 1.807) is 16.9 Å². The van der Waals surface area contributed by atoms with Crippen molar-refractivity contribution in [3.8, 4) is 0 Å². The Hall–Kier alpha value is -1.36. The van der Waals surface area contributed by atoms with Crippen LogP contribution in [0.1, 0.15) is 33.1 Å². The van der Waals surface area contributed by atoms with Crippen molar-refractivity contribution in [3.05, 3.63) is 22.6 Å². The molecule has 1 atom stereocenters. The van der Waals surface area contributed by atoms with Crippen molar-refractivity contribution in [2.75, 3.05) is 25.5 Å². The highest BCUT2D eigenvalue weighted by Crippen LogP contribution is 2.07. The predicted octanol–water partition coefficient (Wildman–Crippen LogP) is 1.48. The number of anilines is 1. The average molecular weight is 266 g/mol. The highest BCUT2D eigenvalue weighted by molar-refractivity contribution is 5.41. The number of nitrogens with zero attached hydrogens (tertiary/aromatic N) is 3. The summed E-state index contributed by atoms with van der Waals surface area (Å²) < 4.78 is 1.55. The summed E-state index contributed by atoms with van der Waals surface area (Å²) >= 11 is 0. The van der Waals surface area contributed by atoms with E-state index >= 15 is 0 Å². The van der Waals surface area contributed by atoms with Crippen LogP contribution in [0.25, 0.3) is 0 Å². The van der Waals surface area contributed by atoms with Gasteiger partial charge >= 0.3 is 0 Å². The molecule has 0 saturated carbocycles. The highest BCUT2D eigenvalue weighted by Gasteiger charge is 2.05. The van der Waals surface area contributed by atoms with Gasteiger partial charge in [-0.25, -0.2) is 4.68 Å². The molecule has 1 aromatic rings. The van der Waals surface area contributed by atoms with Gasteiger partial charge in [-0.3, -0.25) is 4.79 Å². The molecule has 108 valence electrons. The Balaban J connectivity index is 2.60. The van der Waals surface area contributed by atoms with Gasteiger partial charge in [-0.2, -0.15) is 5.10 Å². The standard InChI is InChI=1S/C14H26N4O/c1-5-8-17(4)13-10-14(19)18(16-11-13)9-6-7-12(2)15-3/h10-12,15H,5-9H2,1-4H3. The molecule has 0 aliphatic heterocycles. The van der Waals surface area contributed by atoms with E-state index in [0.717, 1.165) is 31.5 Å². The molecule has 1 unspecified atom stereocenters. The first-order valence-electron chi connectivity index (χ1n) is 7.04. The van der Waals surface area contributed by atoms with Crippen molar-refractivity contribution in [1.29, 1.82) is 0 Å². The lowest BCUT2D eigenvalue weighted by molar-refractivity contribution is 0.476. The van der Waals surface area contributed by atoms with Gasteiger partial charge in [-0.1, -0.05) is 6.92 Å². The minimum atomic E-state index is -0.0161.